The summed E-state index contributed by atoms with van der Waals surface area (Å²) in [5, 5.41) is 0. The number of benzene rings is 1. The molecular weight excluding hydrogens is 238 g/mol. The van der Waals surface area contributed by atoms with Crippen molar-refractivity contribution in [2.45, 2.75) is 50.8 Å². The molecule has 0 aromatic heterocycles. The number of Topliss-reactive ketones (excluding diaryl/α,β-unsaturated/α-hetero) is 1. The van der Waals surface area contributed by atoms with Crippen molar-refractivity contribution in [3.05, 3.63) is 29.8 Å². The van der Waals surface area contributed by atoms with Crippen molar-refractivity contribution < 1.29 is 9.53 Å². The molecule has 0 N–H and O–H groups in total. The van der Waals surface area contributed by atoms with Crippen molar-refractivity contribution in [3.8, 4) is 0 Å². The first-order valence-electron chi connectivity index (χ1n) is 7.16. The number of hydrogen-bond acceptors (Lipinski definition) is 3. The Morgan fingerprint density at radius 3 is 2.68 bits per heavy atom. The minimum absolute atomic E-state index is 0.415. The van der Waals surface area contributed by atoms with Gasteiger partial charge in [0.25, 0.3) is 0 Å². The van der Waals surface area contributed by atoms with E-state index in [0.717, 1.165) is 25.7 Å². The van der Waals surface area contributed by atoms with E-state index < -0.39 is 0 Å². The van der Waals surface area contributed by atoms with E-state index in [-0.39, 0.29) is 0 Å². The number of ketones is 1. The maximum atomic E-state index is 11.8. The van der Waals surface area contributed by atoms with Crippen LogP contribution in [0.4, 0.5) is 5.69 Å². The van der Waals surface area contributed by atoms with Crippen LogP contribution in [0.3, 0.4) is 0 Å². The van der Waals surface area contributed by atoms with Gasteiger partial charge in [0.1, 0.15) is 5.78 Å². The molecule has 19 heavy (non-hydrogen) atoms. The number of carbonyl (C=O) groups excluding carboxylic acids is 1. The molecule has 0 aliphatic carbocycles. The summed E-state index contributed by atoms with van der Waals surface area (Å²) in [7, 11) is 1.72. The van der Waals surface area contributed by atoms with Crippen molar-refractivity contribution in [1.29, 1.82) is 0 Å². The van der Waals surface area contributed by atoms with Crippen LogP contribution < -0.4 is 4.90 Å². The molecule has 0 saturated carbocycles. The number of rotatable bonds is 3. The fourth-order valence-electron chi connectivity index (χ4n) is 3.57. The van der Waals surface area contributed by atoms with E-state index in [9.17, 15) is 4.79 Å². The number of anilines is 1. The van der Waals surface area contributed by atoms with Gasteiger partial charge >= 0.3 is 0 Å². The van der Waals surface area contributed by atoms with E-state index in [4.69, 9.17) is 4.74 Å². The van der Waals surface area contributed by atoms with Crippen LogP contribution in [-0.2, 0) is 16.1 Å². The summed E-state index contributed by atoms with van der Waals surface area (Å²) in [6.07, 6.45) is 5.01. The first-order valence-corrected chi connectivity index (χ1v) is 7.16. The molecule has 2 atom stereocenters. The second-order valence-corrected chi connectivity index (χ2v) is 5.70. The number of ether oxygens (including phenoxy) is 1. The first-order chi connectivity index (χ1) is 9.28. The average molecular weight is 259 g/mol. The van der Waals surface area contributed by atoms with Crippen LogP contribution in [0.5, 0.6) is 0 Å². The van der Waals surface area contributed by atoms with Gasteiger partial charge in [-0.25, -0.2) is 0 Å². The Kier molecular flexibility index (Phi) is 3.56. The highest BCUT2D eigenvalue weighted by Crippen LogP contribution is 2.36. The van der Waals surface area contributed by atoms with Crippen LogP contribution in [0.1, 0.15) is 37.7 Å². The Bertz CT molecular complexity index is 456. The largest absolute Gasteiger partial charge is 0.380 e. The van der Waals surface area contributed by atoms with Crippen molar-refractivity contribution in [2.24, 2.45) is 0 Å². The standard InChI is InChI=1S/C16H21NO2/c1-19-11-12-4-2-5-13(8-12)17-14-6-3-7-15(17)10-16(18)9-14/h2,4-5,8,14-15H,3,6-7,9-11H2,1H3. The zero-order valence-electron chi connectivity index (χ0n) is 11.5. The predicted octanol–water partition coefficient (Wildman–Crippen LogP) is 2.92. The van der Waals surface area contributed by atoms with Gasteiger partial charge in [0.05, 0.1) is 6.61 Å². The maximum Gasteiger partial charge on any atom is 0.137 e. The fourth-order valence-corrected chi connectivity index (χ4v) is 3.57. The lowest BCUT2D eigenvalue weighted by Crippen LogP contribution is -2.52. The second-order valence-electron chi connectivity index (χ2n) is 5.70. The molecule has 1 aromatic carbocycles. The molecule has 1 aromatic rings. The van der Waals surface area contributed by atoms with Gasteiger partial charge in [-0.3, -0.25) is 4.79 Å². The molecule has 0 spiro atoms. The molecule has 2 aliphatic heterocycles. The third-order valence-electron chi connectivity index (χ3n) is 4.31. The van der Waals surface area contributed by atoms with Crippen LogP contribution in [0.15, 0.2) is 24.3 Å². The number of fused-ring (bicyclic) bond motifs is 2. The van der Waals surface area contributed by atoms with Gasteiger partial charge in [0.2, 0.25) is 0 Å². The molecule has 3 rings (SSSR count). The normalized spacial score (nSPS) is 26.6. The van der Waals surface area contributed by atoms with Crippen molar-refractivity contribution in [3.63, 3.8) is 0 Å². The lowest BCUT2D eigenvalue weighted by molar-refractivity contribution is -0.121. The molecule has 2 unspecified atom stereocenters. The number of carbonyl (C=O) groups is 1. The molecule has 102 valence electrons. The van der Waals surface area contributed by atoms with E-state index in [2.05, 4.69) is 29.2 Å². The third-order valence-corrected chi connectivity index (χ3v) is 4.31. The summed E-state index contributed by atoms with van der Waals surface area (Å²) >= 11 is 0. The smallest absolute Gasteiger partial charge is 0.137 e. The zero-order chi connectivity index (χ0) is 13.2. The van der Waals surface area contributed by atoms with Gasteiger partial charge in [0, 0.05) is 37.7 Å². The van der Waals surface area contributed by atoms with Gasteiger partial charge in [-0.1, -0.05) is 12.1 Å². The van der Waals surface area contributed by atoms with Gasteiger partial charge in [-0.15, -0.1) is 0 Å². The van der Waals surface area contributed by atoms with E-state index in [1.807, 2.05) is 0 Å². The molecule has 3 nitrogen and oxygen atoms in total. The summed E-state index contributed by atoms with van der Waals surface area (Å²) in [6.45, 7) is 0.649. The molecule has 2 aliphatic rings. The quantitative estimate of drug-likeness (QED) is 0.836. The SMILES string of the molecule is COCc1cccc(N2C3CCCC2CC(=O)C3)c1. The zero-order valence-corrected chi connectivity index (χ0v) is 11.5. The van der Waals surface area contributed by atoms with Gasteiger partial charge in [-0.05, 0) is 37.0 Å². The highest BCUT2D eigenvalue weighted by Gasteiger charge is 2.37. The molecule has 0 amide bonds. The summed E-state index contributed by atoms with van der Waals surface area (Å²) in [5.41, 5.74) is 2.46. The average Bonchev–Trinajstić information content (AvgIpc) is 2.38. The summed E-state index contributed by atoms with van der Waals surface area (Å²) in [6, 6.07) is 9.40. The minimum atomic E-state index is 0.415. The van der Waals surface area contributed by atoms with E-state index in [1.165, 1.54) is 17.7 Å². The van der Waals surface area contributed by atoms with E-state index in [0.29, 0.717) is 24.5 Å². The number of piperidine rings is 2. The number of nitrogens with zero attached hydrogens (tertiary/aromatic N) is 1. The van der Waals surface area contributed by atoms with Crippen LogP contribution >= 0.6 is 0 Å². The number of hydrogen-bond donors (Lipinski definition) is 0. The Labute approximate surface area is 114 Å². The van der Waals surface area contributed by atoms with Gasteiger partial charge in [0.15, 0.2) is 0 Å². The highest BCUT2D eigenvalue weighted by atomic mass is 16.5. The minimum Gasteiger partial charge on any atom is -0.380 e. The predicted molar refractivity (Wildman–Crippen MR) is 75.3 cm³/mol. The third kappa shape index (κ3) is 2.52. The van der Waals surface area contributed by atoms with Crippen molar-refractivity contribution >= 4 is 11.5 Å². The van der Waals surface area contributed by atoms with Crippen LogP contribution in [0.2, 0.25) is 0 Å². The van der Waals surface area contributed by atoms with Crippen LogP contribution in [0, 0.1) is 0 Å². The van der Waals surface area contributed by atoms with E-state index >= 15 is 0 Å². The highest BCUT2D eigenvalue weighted by molar-refractivity contribution is 5.82. The molecular formula is C16H21NO2. The molecule has 3 heteroatoms. The van der Waals surface area contributed by atoms with Crippen LogP contribution in [-0.4, -0.2) is 25.0 Å². The van der Waals surface area contributed by atoms with Crippen molar-refractivity contribution in [1.82, 2.24) is 0 Å². The molecule has 0 radical (unpaired) electrons. The Morgan fingerprint density at radius 1 is 1.26 bits per heavy atom. The topological polar surface area (TPSA) is 29.5 Å². The Balaban J connectivity index is 1.88. The molecule has 2 bridgehead atoms. The Hall–Kier alpha value is -1.35. The maximum absolute atomic E-state index is 11.8. The van der Waals surface area contributed by atoms with Crippen LogP contribution in [0.25, 0.3) is 0 Å². The lowest BCUT2D eigenvalue weighted by atomic mass is 9.83. The summed E-state index contributed by atoms with van der Waals surface area (Å²) in [4.78, 5) is 14.3. The second kappa shape index (κ2) is 5.33. The molecule has 2 fully saturated rings. The van der Waals surface area contributed by atoms with Gasteiger partial charge in [-0.2, -0.15) is 0 Å². The first kappa shape index (κ1) is 12.7. The number of methoxy groups -OCH3 is 1. The summed E-state index contributed by atoms with van der Waals surface area (Å²) in [5.74, 6) is 0.444. The van der Waals surface area contributed by atoms with E-state index in [1.54, 1.807) is 7.11 Å². The lowest BCUT2D eigenvalue weighted by Gasteiger charge is -2.47. The van der Waals surface area contributed by atoms with Crippen molar-refractivity contribution in [2.75, 3.05) is 12.0 Å². The Morgan fingerprint density at radius 2 is 2.00 bits per heavy atom. The van der Waals surface area contributed by atoms with Gasteiger partial charge < -0.3 is 9.64 Å². The summed E-state index contributed by atoms with van der Waals surface area (Å²) < 4.78 is 5.21. The molecule has 2 saturated heterocycles. The molecule has 2 heterocycles. The monoisotopic (exact) mass is 259 g/mol. The fraction of sp³-hybridized carbons (Fsp3) is 0.562.